The van der Waals surface area contributed by atoms with Crippen molar-refractivity contribution in [3.8, 4) is 5.75 Å². The molecule has 1 unspecified atom stereocenters. The van der Waals surface area contributed by atoms with Gasteiger partial charge in [0.25, 0.3) is 0 Å². The van der Waals surface area contributed by atoms with Gasteiger partial charge in [0.2, 0.25) is 0 Å². The van der Waals surface area contributed by atoms with E-state index >= 15 is 0 Å². The molecule has 0 aromatic heterocycles. The molecule has 2 N–H and O–H groups in total. The maximum atomic E-state index is 11.7. The first-order valence-corrected chi connectivity index (χ1v) is 7.12. The summed E-state index contributed by atoms with van der Waals surface area (Å²) in [5, 5.41) is 12.6. The Bertz CT molecular complexity index is 469. The quantitative estimate of drug-likeness (QED) is 0.876. The number of aromatic hydroxyl groups is 1. The van der Waals surface area contributed by atoms with Crippen molar-refractivity contribution in [1.82, 2.24) is 10.2 Å². The second kappa shape index (κ2) is 7.31. The van der Waals surface area contributed by atoms with Crippen molar-refractivity contribution in [2.24, 2.45) is 0 Å². The minimum absolute atomic E-state index is 0.0456. The van der Waals surface area contributed by atoms with Gasteiger partial charge in [0, 0.05) is 24.7 Å². The smallest absolute Gasteiger partial charge is 0.407 e. The lowest BCUT2D eigenvalue weighted by atomic mass is 10.2. The predicted octanol–water partition coefficient (Wildman–Crippen LogP) is 2.74. The van der Waals surface area contributed by atoms with Crippen LogP contribution >= 0.6 is 0 Å². The van der Waals surface area contributed by atoms with Crippen molar-refractivity contribution >= 4 is 6.09 Å². The highest BCUT2D eigenvalue weighted by molar-refractivity contribution is 5.68. The minimum Gasteiger partial charge on any atom is -0.508 e. The van der Waals surface area contributed by atoms with Crippen LogP contribution in [0.5, 0.6) is 5.75 Å². The van der Waals surface area contributed by atoms with Crippen molar-refractivity contribution < 1.29 is 14.6 Å². The molecule has 5 nitrogen and oxygen atoms in total. The molecule has 0 saturated heterocycles. The van der Waals surface area contributed by atoms with Crippen molar-refractivity contribution in [2.75, 3.05) is 13.6 Å². The van der Waals surface area contributed by atoms with Gasteiger partial charge in [-0.15, -0.1) is 0 Å². The average molecular weight is 294 g/mol. The Morgan fingerprint density at radius 2 is 2.00 bits per heavy atom. The summed E-state index contributed by atoms with van der Waals surface area (Å²) in [7, 11) is 1.94. The van der Waals surface area contributed by atoms with Gasteiger partial charge in [-0.1, -0.05) is 18.2 Å². The van der Waals surface area contributed by atoms with Gasteiger partial charge in [-0.3, -0.25) is 4.90 Å². The van der Waals surface area contributed by atoms with Gasteiger partial charge in [0.1, 0.15) is 11.4 Å². The number of phenols is 1. The Hall–Kier alpha value is -1.75. The van der Waals surface area contributed by atoms with Crippen LogP contribution in [0, 0.1) is 0 Å². The molecule has 1 atom stereocenters. The van der Waals surface area contributed by atoms with Crippen molar-refractivity contribution in [3.05, 3.63) is 29.8 Å². The molecular weight excluding hydrogens is 268 g/mol. The fraction of sp³-hybridized carbons (Fsp3) is 0.562. The van der Waals surface area contributed by atoms with Crippen LogP contribution in [0.2, 0.25) is 0 Å². The summed E-state index contributed by atoms with van der Waals surface area (Å²) >= 11 is 0. The molecule has 0 radical (unpaired) electrons. The largest absolute Gasteiger partial charge is 0.508 e. The summed E-state index contributed by atoms with van der Waals surface area (Å²) in [5.41, 5.74) is 0.371. The Kier molecular flexibility index (Phi) is 6.03. The lowest BCUT2D eigenvalue weighted by Gasteiger charge is -2.25. The number of carbonyl (C=O) groups is 1. The fourth-order valence-electron chi connectivity index (χ4n) is 2.02. The van der Waals surface area contributed by atoms with Crippen LogP contribution in [-0.2, 0) is 11.3 Å². The second-order valence-electron chi connectivity index (χ2n) is 6.37. The average Bonchev–Trinajstić information content (AvgIpc) is 2.28. The molecule has 1 rings (SSSR count). The third-order valence-corrected chi connectivity index (χ3v) is 2.78. The summed E-state index contributed by atoms with van der Waals surface area (Å²) in [5.74, 6) is 0.289. The molecule has 0 aliphatic carbocycles. The molecule has 0 aliphatic rings. The number of likely N-dealkylation sites (N-methyl/N-ethyl adjacent to an activating group) is 1. The van der Waals surface area contributed by atoms with E-state index in [0.717, 1.165) is 5.56 Å². The zero-order chi connectivity index (χ0) is 16.0. The number of ether oxygens (including phenoxy) is 1. The van der Waals surface area contributed by atoms with Crippen LogP contribution in [-0.4, -0.2) is 41.3 Å². The molecule has 0 fully saturated rings. The van der Waals surface area contributed by atoms with E-state index in [2.05, 4.69) is 5.32 Å². The summed E-state index contributed by atoms with van der Waals surface area (Å²) in [6.45, 7) is 8.70. The number of nitrogens with one attached hydrogen (secondary N) is 1. The number of nitrogens with zero attached hydrogens (tertiary/aromatic N) is 1. The maximum Gasteiger partial charge on any atom is 0.407 e. The van der Waals surface area contributed by atoms with Crippen LogP contribution < -0.4 is 5.32 Å². The highest BCUT2D eigenvalue weighted by Crippen LogP contribution is 2.17. The monoisotopic (exact) mass is 294 g/mol. The molecule has 1 aromatic rings. The van der Waals surface area contributed by atoms with E-state index < -0.39 is 11.7 Å². The third-order valence-electron chi connectivity index (χ3n) is 2.78. The van der Waals surface area contributed by atoms with Crippen LogP contribution in [0.4, 0.5) is 4.79 Å². The van der Waals surface area contributed by atoms with E-state index in [4.69, 9.17) is 4.74 Å². The van der Waals surface area contributed by atoms with E-state index in [0.29, 0.717) is 13.1 Å². The fourth-order valence-corrected chi connectivity index (χ4v) is 2.02. The highest BCUT2D eigenvalue weighted by atomic mass is 16.6. The number of hydrogen-bond acceptors (Lipinski definition) is 4. The molecular formula is C16H26N2O3. The van der Waals surface area contributed by atoms with Gasteiger partial charge in [0.15, 0.2) is 0 Å². The molecule has 0 aliphatic heterocycles. The number of phenolic OH excluding ortho intramolecular Hbond substituents is 1. The van der Waals surface area contributed by atoms with Crippen LogP contribution in [0.3, 0.4) is 0 Å². The van der Waals surface area contributed by atoms with E-state index in [1.807, 2.05) is 51.8 Å². The SMILES string of the molecule is CC(CN(C)Cc1ccccc1O)NC(=O)OC(C)(C)C. The normalized spacial score (nSPS) is 13.0. The van der Waals surface area contributed by atoms with E-state index in [-0.39, 0.29) is 11.8 Å². The van der Waals surface area contributed by atoms with Gasteiger partial charge in [0.05, 0.1) is 0 Å². The van der Waals surface area contributed by atoms with Gasteiger partial charge >= 0.3 is 6.09 Å². The molecule has 5 heteroatoms. The Morgan fingerprint density at radius 3 is 2.57 bits per heavy atom. The van der Waals surface area contributed by atoms with Gasteiger partial charge in [-0.2, -0.15) is 0 Å². The zero-order valence-electron chi connectivity index (χ0n) is 13.5. The van der Waals surface area contributed by atoms with E-state index in [1.165, 1.54) is 0 Å². The standard InChI is InChI=1S/C16H26N2O3/c1-12(17-15(20)21-16(2,3)4)10-18(5)11-13-8-6-7-9-14(13)19/h6-9,12,19H,10-11H2,1-5H3,(H,17,20). The van der Waals surface area contributed by atoms with Crippen molar-refractivity contribution in [1.29, 1.82) is 0 Å². The molecule has 1 amide bonds. The summed E-state index contributed by atoms with van der Waals surface area (Å²) in [6.07, 6.45) is -0.411. The summed E-state index contributed by atoms with van der Waals surface area (Å²) in [4.78, 5) is 13.7. The number of para-hydroxylation sites is 1. The highest BCUT2D eigenvalue weighted by Gasteiger charge is 2.18. The number of hydrogen-bond donors (Lipinski definition) is 2. The first-order chi connectivity index (χ1) is 9.67. The predicted molar refractivity (Wildman–Crippen MR) is 83.3 cm³/mol. The maximum absolute atomic E-state index is 11.7. The van der Waals surface area contributed by atoms with Crippen LogP contribution in [0.1, 0.15) is 33.3 Å². The summed E-state index contributed by atoms with van der Waals surface area (Å²) in [6, 6.07) is 7.20. The molecule has 1 aromatic carbocycles. The molecule has 0 spiro atoms. The van der Waals surface area contributed by atoms with Gasteiger partial charge in [-0.05, 0) is 40.8 Å². The molecule has 0 bridgehead atoms. The Morgan fingerprint density at radius 1 is 1.38 bits per heavy atom. The molecule has 0 saturated carbocycles. The summed E-state index contributed by atoms with van der Waals surface area (Å²) < 4.78 is 5.22. The van der Waals surface area contributed by atoms with E-state index in [1.54, 1.807) is 12.1 Å². The first kappa shape index (κ1) is 17.3. The Balaban J connectivity index is 2.42. The second-order valence-corrected chi connectivity index (χ2v) is 6.37. The minimum atomic E-state index is -0.495. The van der Waals surface area contributed by atoms with Crippen molar-refractivity contribution in [3.63, 3.8) is 0 Å². The number of benzene rings is 1. The van der Waals surface area contributed by atoms with Crippen LogP contribution in [0.15, 0.2) is 24.3 Å². The van der Waals surface area contributed by atoms with Crippen LogP contribution in [0.25, 0.3) is 0 Å². The van der Waals surface area contributed by atoms with E-state index in [9.17, 15) is 9.90 Å². The van der Waals surface area contributed by atoms with Crippen molar-refractivity contribution in [2.45, 2.75) is 45.9 Å². The number of rotatable bonds is 5. The lowest BCUT2D eigenvalue weighted by Crippen LogP contribution is -2.42. The number of carbonyl (C=O) groups excluding carboxylic acids is 1. The first-order valence-electron chi connectivity index (χ1n) is 7.12. The lowest BCUT2D eigenvalue weighted by molar-refractivity contribution is 0.0499. The number of amides is 1. The molecule has 21 heavy (non-hydrogen) atoms. The zero-order valence-corrected chi connectivity index (χ0v) is 13.5. The molecule has 0 heterocycles. The topological polar surface area (TPSA) is 61.8 Å². The van der Waals surface area contributed by atoms with Gasteiger partial charge in [-0.25, -0.2) is 4.79 Å². The van der Waals surface area contributed by atoms with Gasteiger partial charge < -0.3 is 15.2 Å². The molecule has 118 valence electrons. The Labute approximate surface area is 126 Å². The third kappa shape index (κ3) is 6.99. The number of alkyl carbamates (subject to hydrolysis) is 1.